The summed E-state index contributed by atoms with van der Waals surface area (Å²) in [5.74, 6) is 0. The molecule has 0 saturated heterocycles. The van der Waals surface area contributed by atoms with Crippen molar-refractivity contribution in [3.8, 4) is 22.3 Å². The normalized spacial score (nSPS) is 13.5. The van der Waals surface area contributed by atoms with Crippen LogP contribution in [-0.2, 0) is 5.41 Å². The molecule has 0 saturated carbocycles. The first kappa shape index (κ1) is 31.6. The summed E-state index contributed by atoms with van der Waals surface area (Å²) < 4.78 is 12.1. The molecule has 5 heterocycles. The van der Waals surface area contributed by atoms with E-state index in [9.17, 15) is 0 Å². The monoisotopic (exact) mass is 746 g/mol. The SMILES string of the molecule is CC(C)(C)c1ccc(N2c3cc4sc5ccccc5c4cc3B3c4c2cc2ccccc2c4-c2cccc4c5c6ccccc6oc5n3c24)c(-c2ccccc2)c1. The molecule has 13 rings (SSSR count). The summed E-state index contributed by atoms with van der Waals surface area (Å²) >= 11 is 1.89. The van der Waals surface area contributed by atoms with Gasteiger partial charge in [-0.25, -0.2) is 0 Å². The van der Waals surface area contributed by atoms with Crippen LogP contribution >= 0.6 is 11.3 Å². The van der Waals surface area contributed by atoms with Crippen LogP contribution in [0.1, 0.15) is 26.3 Å². The van der Waals surface area contributed by atoms with Crippen LogP contribution in [0.15, 0.2) is 162 Å². The van der Waals surface area contributed by atoms with Crippen LogP contribution in [-0.4, -0.2) is 11.3 Å². The van der Waals surface area contributed by atoms with E-state index in [0.717, 1.165) is 16.7 Å². The summed E-state index contributed by atoms with van der Waals surface area (Å²) in [7, 11) is 0. The smallest absolute Gasteiger partial charge is 0.336 e. The van der Waals surface area contributed by atoms with Gasteiger partial charge in [-0.1, -0.05) is 142 Å². The van der Waals surface area contributed by atoms with E-state index in [-0.39, 0.29) is 12.3 Å². The van der Waals surface area contributed by atoms with Gasteiger partial charge in [-0.2, -0.15) is 0 Å². The Bertz CT molecular complexity index is 3530. The lowest BCUT2D eigenvalue weighted by molar-refractivity contribution is 0.590. The van der Waals surface area contributed by atoms with Gasteiger partial charge in [0.25, 0.3) is 0 Å². The number of hydrogen-bond acceptors (Lipinski definition) is 3. The fourth-order valence-corrected chi connectivity index (χ4v) is 11.3. The van der Waals surface area contributed by atoms with Crippen LogP contribution in [0.5, 0.6) is 0 Å². The van der Waals surface area contributed by atoms with Crippen molar-refractivity contribution < 1.29 is 4.42 Å². The number of benzene rings is 8. The van der Waals surface area contributed by atoms with Crippen molar-refractivity contribution >= 4 is 110 Å². The molecule has 3 aromatic heterocycles. The van der Waals surface area contributed by atoms with Crippen molar-refractivity contribution in [2.75, 3.05) is 4.90 Å². The highest BCUT2D eigenvalue weighted by molar-refractivity contribution is 7.26. The van der Waals surface area contributed by atoms with Gasteiger partial charge in [-0.15, -0.1) is 11.3 Å². The lowest BCUT2D eigenvalue weighted by Gasteiger charge is -2.41. The van der Waals surface area contributed by atoms with Crippen molar-refractivity contribution in [3.63, 3.8) is 0 Å². The van der Waals surface area contributed by atoms with Gasteiger partial charge in [-0.05, 0) is 80.2 Å². The molecular formula is C52H35BN2OS. The number of rotatable bonds is 2. The van der Waals surface area contributed by atoms with E-state index in [0.29, 0.717) is 0 Å². The molecule has 3 nitrogen and oxygen atoms in total. The van der Waals surface area contributed by atoms with Crippen LogP contribution in [0.4, 0.5) is 17.1 Å². The predicted octanol–water partition coefficient (Wildman–Crippen LogP) is 13.4. The molecule has 0 bridgehead atoms. The number of furan rings is 1. The fourth-order valence-electron chi connectivity index (χ4n) is 10.2. The molecule has 57 heavy (non-hydrogen) atoms. The van der Waals surface area contributed by atoms with E-state index in [1.807, 2.05) is 11.3 Å². The topological polar surface area (TPSA) is 21.3 Å². The summed E-state index contributed by atoms with van der Waals surface area (Å²) in [6, 6.07) is 58.9. The summed E-state index contributed by atoms with van der Waals surface area (Å²) in [5, 5.41) is 8.71. The standard InChI is InChI=1S/C52H35BN2OS/c1-52(2,3)32-24-25-41(38(27-32)30-14-5-4-6-15-30)54-42-29-46-39(34-18-10-12-23-45(34)57-46)28-40(42)53-49-43(54)26-31-16-7-8-17-33(31)47(49)36-20-13-21-37-48-35-19-9-11-22-44(35)56-51(48)55(53)50(36)37/h4-29H,1-3H3. The molecule has 2 aliphatic rings. The zero-order chi connectivity index (χ0) is 37.7. The number of para-hydroxylation sites is 2. The van der Waals surface area contributed by atoms with E-state index < -0.39 is 0 Å². The van der Waals surface area contributed by atoms with E-state index in [1.165, 1.54) is 103 Å². The largest absolute Gasteiger partial charge is 0.441 e. The third-order valence-electron chi connectivity index (χ3n) is 12.7. The Kier molecular flexibility index (Phi) is 6.14. The molecule has 0 amide bonds. The van der Waals surface area contributed by atoms with Crippen molar-refractivity contribution in [1.29, 1.82) is 0 Å². The third-order valence-corrected chi connectivity index (χ3v) is 13.8. The molecule has 2 aliphatic heterocycles. The average Bonchev–Trinajstić information content (AvgIpc) is 3.90. The molecule has 0 spiro atoms. The van der Waals surface area contributed by atoms with Crippen molar-refractivity contribution in [3.05, 3.63) is 163 Å². The van der Waals surface area contributed by atoms with Gasteiger partial charge in [0.15, 0.2) is 5.71 Å². The summed E-state index contributed by atoms with van der Waals surface area (Å²) in [6.07, 6.45) is 0. The van der Waals surface area contributed by atoms with Crippen LogP contribution in [0.3, 0.4) is 0 Å². The Morgan fingerprint density at radius 3 is 2.18 bits per heavy atom. The van der Waals surface area contributed by atoms with Gasteiger partial charge in [-0.3, -0.25) is 0 Å². The maximum Gasteiger partial charge on any atom is 0.336 e. The van der Waals surface area contributed by atoms with E-state index >= 15 is 0 Å². The first-order valence-corrected chi connectivity index (χ1v) is 20.7. The molecule has 11 aromatic rings. The molecule has 268 valence electrons. The Hall–Kier alpha value is -6.56. The molecule has 0 unspecified atom stereocenters. The van der Waals surface area contributed by atoms with E-state index in [1.54, 1.807) is 0 Å². The molecule has 0 fully saturated rings. The van der Waals surface area contributed by atoms with Gasteiger partial charge in [0, 0.05) is 59.0 Å². The molecule has 0 radical (unpaired) electrons. The highest BCUT2D eigenvalue weighted by Crippen LogP contribution is 2.51. The van der Waals surface area contributed by atoms with E-state index in [4.69, 9.17) is 4.42 Å². The number of hydrogen-bond donors (Lipinski definition) is 0. The molecule has 0 N–H and O–H groups in total. The van der Waals surface area contributed by atoms with Gasteiger partial charge in [0.1, 0.15) is 5.58 Å². The number of nitrogens with zero attached hydrogens (tertiary/aromatic N) is 2. The zero-order valence-corrected chi connectivity index (χ0v) is 32.6. The minimum atomic E-state index is -0.126. The molecule has 0 aliphatic carbocycles. The summed E-state index contributed by atoms with van der Waals surface area (Å²) in [5.41, 5.74) is 15.6. The Morgan fingerprint density at radius 1 is 0.561 bits per heavy atom. The highest BCUT2D eigenvalue weighted by atomic mass is 32.1. The van der Waals surface area contributed by atoms with E-state index in [2.05, 4.69) is 188 Å². The molecular weight excluding hydrogens is 711 g/mol. The minimum Gasteiger partial charge on any atom is -0.441 e. The average molecular weight is 747 g/mol. The Morgan fingerprint density at radius 2 is 1.32 bits per heavy atom. The van der Waals surface area contributed by atoms with Crippen LogP contribution < -0.4 is 15.8 Å². The second-order valence-electron chi connectivity index (χ2n) is 16.8. The van der Waals surface area contributed by atoms with Crippen LogP contribution in [0, 0.1) is 0 Å². The van der Waals surface area contributed by atoms with Gasteiger partial charge in [0.2, 0.25) is 0 Å². The highest BCUT2D eigenvalue weighted by Gasteiger charge is 2.45. The second-order valence-corrected chi connectivity index (χ2v) is 17.9. The van der Waals surface area contributed by atoms with Gasteiger partial charge in [0.05, 0.1) is 11.1 Å². The lowest BCUT2D eigenvalue weighted by Crippen LogP contribution is -2.56. The van der Waals surface area contributed by atoms with Crippen LogP contribution in [0.2, 0.25) is 0 Å². The number of anilines is 3. The molecule has 5 heteroatoms. The first-order valence-electron chi connectivity index (χ1n) is 19.9. The van der Waals surface area contributed by atoms with Gasteiger partial charge < -0.3 is 13.8 Å². The van der Waals surface area contributed by atoms with Crippen molar-refractivity contribution in [2.45, 2.75) is 26.2 Å². The van der Waals surface area contributed by atoms with Crippen molar-refractivity contribution in [1.82, 2.24) is 4.48 Å². The second kappa shape index (κ2) is 11.1. The number of thiophene rings is 1. The molecule has 8 aromatic carbocycles. The first-order chi connectivity index (χ1) is 27.9. The number of fused-ring (bicyclic) bond motifs is 14. The van der Waals surface area contributed by atoms with Crippen LogP contribution in [0.25, 0.3) is 86.2 Å². The maximum absolute atomic E-state index is 6.99. The zero-order valence-electron chi connectivity index (χ0n) is 31.8. The Balaban J connectivity index is 1.24. The lowest BCUT2D eigenvalue weighted by atomic mass is 9.44. The van der Waals surface area contributed by atoms with Gasteiger partial charge >= 0.3 is 6.85 Å². The summed E-state index contributed by atoms with van der Waals surface area (Å²) in [4.78, 5) is 2.60. The third kappa shape index (κ3) is 4.17. The predicted molar refractivity (Wildman–Crippen MR) is 244 cm³/mol. The quantitative estimate of drug-likeness (QED) is 0.164. The maximum atomic E-state index is 6.99. The summed E-state index contributed by atoms with van der Waals surface area (Å²) in [6.45, 7) is 6.80. The molecule has 0 atom stereocenters. The van der Waals surface area contributed by atoms with Crippen molar-refractivity contribution in [2.24, 2.45) is 0 Å². The number of aromatic nitrogens is 1. The Labute approximate surface area is 334 Å². The fraction of sp³-hybridized carbons (Fsp3) is 0.0769. The minimum absolute atomic E-state index is 0.0141.